The van der Waals surface area contributed by atoms with Crippen LogP contribution in [0.1, 0.15) is 45.6 Å². The molecule has 0 aliphatic heterocycles. The lowest BCUT2D eigenvalue weighted by Crippen LogP contribution is -2.36. The van der Waals surface area contributed by atoms with Crippen LogP contribution in [-0.2, 0) is 16.0 Å². The van der Waals surface area contributed by atoms with E-state index in [-0.39, 0.29) is 12.1 Å². The van der Waals surface area contributed by atoms with Gasteiger partial charge in [-0.3, -0.25) is 4.79 Å². The molecule has 2 rings (SSSR count). The first-order chi connectivity index (χ1) is 9.06. The number of rotatable bonds is 4. The standard InChI is InChI=1S/C16H24O2S/c1-11(2)14-5-4-12(3)8-15(14)18-16(17)9-13-6-7-19-10-13/h6-7,10-12,14-15H,4-5,8-9H2,1-3H3. The van der Waals surface area contributed by atoms with E-state index in [1.54, 1.807) is 11.3 Å². The molecule has 1 saturated carbocycles. The molecular formula is C16H24O2S. The second-order valence-electron chi connectivity index (χ2n) is 6.16. The van der Waals surface area contributed by atoms with Crippen LogP contribution in [0.2, 0.25) is 0 Å². The van der Waals surface area contributed by atoms with Gasteiger partial charge in [-0.05, 0) is 53.0 Å². The lowest BCUT2D eigenvalue weighted by atomic mass is 9.75. The number of esters is 1. The zero-order chi connectivity index (χ0) is 13.8. The summed E-state index contributed by atoms with van der Waals surface area (Å²) in [4.78, 5) is 12.0. The Morgan fingerprint density at radius 1 is 1.47 bits per heavy atom. The third-order valence-corrected chi connectivity index (χ3v) is 4.90. The minimum Gasteiger partial charge on any atom is -0.462 e. The van der Waals surface area contributed by atoms with Crippen molar-refractivity contribution in [2.24, 2.45) is 17.8 Å². The fourth-order valence-electron chi connectivity index (χ4n) is 3.02. The van der Waals surface area contributed by atoms with E-state index >= 15 is 0 Å². The van der Waals surface area contributed by atoms with Crippen molar-refractivity contribution in [3.63, 3.8) is 0 Å². The molecule has 0 spiro atoms. The number of hydrogen-bond acceptors (Lipinski definition) is 3. The topological polar surface area (TPSA) is 26.3 Å². The van der Waals surface area contributed by atoms with Crippen molar-refractivity contribution >= 4 is 17.3 Å². The van der Waals surface area contributed by atoms with Crippen molar-refractivity contribution in [2.75, 3.05) is 0 Å². The molecule has 0 aromatic carbocycles. The molecule has 1 fully saturated rings. The highest BCUT2D eigenvalue weighted by molar-refractivity contribution is 7.07. The number of thiophene rings is 1. The van der Waals surface area contributed by atoms with Crippen LogP contribution in [0.5, 0.6) is 0 Å². The minimum absolute atomic E-state index is 0.0665. The Labute approximate surface area is 120 Å². The summed E-state index contributed by atoms with van der Waals surface area (Å²) < 4.78 is 5.77. The van der Waals surface area contributed by atoms with Crippen LogP contribution in [0, 0.1) is 17.8 Å². The van der Waals surface area contributed by atoms with Crippen LogP contribution in [0.15, 0.2) is 16.8 Å². The van der Waals surface area contributed by atoms with E-state index in [1.807, 2.05) is 16.8 Å². The van der Waals surface area contributed by atoms with Crippen molar-refractivity contribution in [3.8, 4) is 0 Å². The molecule has 0 amide bonds. The molecule has 0 bridgehead atoms. The van der Waals surface area contributed by atoms with Gasteiger partial charge in [0.2, 0.25) is 0 Å². The predicted molar refractivity (Wildman–Crippen MR) is 79.2 cm³/mol. The van der Waals surface area contributed by atoms with Gasteiger partial charge in [0.05, 0.1) is 6.42 Å². The lowest BCUT2D eigenvalue weighted by molar-refractivity contribution is -0.155. The van der Waals surface area contributed by atoms with Crippen LogP contribution < -0.4 is 0 Å². The van der Waals surface area contributed by atoms with Crippen molar-refractivity contribution in [1.29, 1.82) is 0 Å². The van der Waals surface area contributed by atoms with E-state index in [4.69, 9.17) is 4.74 Å². The molecule has 1 heterocycles. The summed E-state index contributed by atoms with van der Waals surface area (Å²) in [6.07, 6.45) is 4.02. The van der Waals surface area contributed by atoms with E-state index in [0.29, 0.717) is 24.2 Å². The van der Waals surface area contributed by atoms with Gasteiger partial charge in [0, 0.05) is 0 Å². The summed E-state index contributed by atoms with van der Waals surface area (Å²) in [5.41, 5.74) is 1.07. The zero-order valence-electron chi connectivity index (χ0n) is 12.1. The Bertz CT molecular complexity index is 397. The van der Waals surface area contributed by atoms with E-state index in [9.17, 15) is 4.79 Å². The van der Waals surface area contributed by atoms with Crippen LogP contribution in [0.25, 0.3) is 0 Å². The molecule has 1 aliphatic carbocycles. The highest BCUT2D eigenvalue weighted by atomic mass is 32.1. The van der Waals surface area contributed by atoms with Crippen LogP contribution in [0.4, 0.5) is 0 Å². The summed E-state index contributed by atoms with van der Waals surface area (Å²) in [6.45, 7) is 6.73. The van der Waals surface area contributed by atoms with Gasteiger partial charge in [0.1, 0.15) is 6.10 Å². The number of carbonyl (C=O) groups excluding carboxylic acids is 1. The maximum absolute atomic E-state index is 12.0. The first-order valence-corrected chi connectivity index (χ1v) is 8.21. The molecule has 0 saturated heterocycles. The van der Waals surface area contributed by atoms with Gasteiger partial charge in [-0.15, -0.1) is 0 Å². The van der Waals surface area contributed by atoms with Gasteiger partial charge in [0.15, 0.2) is 0 Å². The van der Waals surface area contributed by atoms with E-state index in [0.717, 1.165) is 12.0 Å². The molecule has 3 heteroatoms. The third kappa shape index (κ3) is 4.07. The van der Waals surface area contributed by atoms with Crippen molar-refractivity contribution in [2.45, 2.75) is 52.6 Å². The molecule has 19 heavy (non-hydrogen) atoms. The molecule has 3 atom stereocenters. The number of hydrogen-bond donors (Lipinski definition) is 0. The van der Waals surface area contributed by atoms with Crippen molar-refractivity contribution < 1.29 is 9.53 Å². The average Bonchev–Trinajstić information content (AvgIpc) is 2.81. The molecule has 106 valence electrons. The van der Waals surface area contributed by atoms with E-state index in [2.05, 4.69) is 20.8 Å². The maximum Gasteiger partial charge on any atom is 0.310 e. The van der Waals surface area contributed by atoms with Crippen LogP contribution >= 0.6 is 11.3 Å². The molecule has 0 radical (unpaired) electrons. The maximum atomic E-state index is 12.0. The smallest absolute Gasteiger partial charge is 0.310 e. The molecule has 0 N–H and O–H groups in total. The monoisotopic (exact) mass is 280 g/mol. The molecule has 3 unspecified atom stereocenters. The van der Waals surface area contributed by atoms with Crippen LogP contribution in [-0.4, -0.2) is 12.1 Å². The summed E-state index contributed by atoms with van der Waals surface area (Å²) in [5.74, 6) is 1.73. The quantitative estimate of drug-likeness (QED) is 0.769. The Morgan fingerprint density at radius 3 is 2.89 bits per heavy atom. The fraction of sp³-hybridized carbons (Fsp3) is 0.688. The van der Waals surface area contributed by atoms with Gasteiger partial charge in [-0.1, -0.05) is 27.2 Å². The molecule has 1 aliphatic rings. The number of ether oxygens (including phenoxy) is 1. The number of carbonyl (C=O) groups is 1. The second-order valence-corrected chi connectivity index (χ2v) is 6.94. The molecule has 1 aromatic rings. The van der Waals surface area contributed by atoms with Crippen LogP contribution in [0.3, 0.4) is 0 Å². The summed E-state index contributed by atoms with van der Waals surface area (Å²) in [5, 5.41) is 4.02. The first kappa shape index (κ1) is 14.6. The minimum atomic E-state index is -0.0665. The SMILES string of the molecule is CC1CCC(C(C)C)C(OC(=O)Cc2ccsc2)C1. The fourth-order valence-corrected chi connectivity index (χ4v) is 3.69. The molecular weight excluding hydrogens is 256 g/mol. The highest BCUT2D eigenvalue weighted by Crippen LogP contribution is 2.35. The van der Waals surface area contributed by atoms with Gasteiger partial charge in [0.25, 0.3) is 0 Å². The van der Waals surface area contributed by atoms with Crippen molar-refractivity contribution in [1.82, 2.24) is 0 Å². The van der Waals surface area contributed by atoms with Crippen molar-refractivity contribution in [3.05, 3.63) is 22.4 Å². The highest BCUT2D eigenvalue weighted by Gasteiger charge is 2.33. The molecule has 2 nitrogen and oxygen atoms in total. The summed E-state index contributed by atoms with van der Waals surface area (Å²) in [7, 11) is 0. The largest absolute Gasteiger partial charge is 0.462 e. The van der Waals surface area contributed by atoms with E-state index in [1.165, 1.54) is 12.8 Å². The van der Waals surface area contributed by atoms with Gasteiger partial charge >= 0.3 is 5.97 Å². The normalized spacial score (nSPS) is 27.5. The Balaban J connectivity index is 1.92. The average molecular weight is 280 g/mol. The summed E-state index contributed by atoms with van der Waals surface area (Å²) >= 11 is 1.63. The Kier molecular flexibility index (Phi) is 5.03. The van der Waals surface area contributed by atoms with Gasteiger partial charge in [-0.25, -0.2) is 0 Å². The lowest BCUT2D eigenvalue weighted by Gasteiger charge is -2.36. The Hall–Kier alpha value is -0.830. The van der Waals surface area contributed by atoms with E-state index < -0.39 is 0 Å². The van der Waals surface area contributed by atoms with Gasteiger partial charge in [-0.2, -0.15) is 11.3 Å². The molecule has 1 aromatic heterocycles. The third-order valence-electron chi connectivity index (χ3n) is 4.17. The van der Waals surface area contributed by atoms with Gasteiger partial charge < -0.3 is 4.74 Å². The zero-order valence-corrected chi connectivity index (χ0v) is 12.9. The predicted octanol–water partition coefficient (Wildman–Crippen LogP) is 4.29. The summed E-state index contributed by atoms with van der Waals surface area (Å²) in [6, 6.07) is 2.00. The second kappa shape index (κ2) is 6.56. The first-order valence-electron chi connectivity index (χ1n) is 7.26. The Morgan fingerprint density at radius 2 is 2.26 bits per heavy atom.